The third kappa shape index (κ3) is 4.73. The Kier molecular flexibility index (Phi) is 6.77. The zero-order valence-electron chi connectivity index (χ0n) is 10.7. The Labute approximate surface area is 98.4 Å². The molecule has 0 aliphatic rings. The van der Waals surface area contributed by atoms with Gasteiger partial charge in [-0.1, -0.05) is 46.0 Å². The molecule has 0 saturated carbocycles. The van der Waals surface area contributed by atoms with Crippen LogP contribution >= 0.6 is 0 Å². The van der Waals surface area contributed by atoms with Gasteiger partial charge in [0.15, 0.2) is 5.82 Å². The molecule has 0 saturated heterocycles. The van der Waals surface area contributed by atoms with Crippen molar-refractivity contribution in [2.45, 2.75) is 71.8 Å². The quantitative estimate of drug-likeness (QED) is 0.606. The molecule has 1 aromatic rings. The highest BCUT2D eigenvalue weighted by Gasteiger charge is 2.04. The molecule has 1 rings (SSSR count). The van der Waals surface area contributed by atoms with Crippen LogP contribution < -0.4 is 0 Å². The van der Waals surface area contributed by atoms with E-state index < -0.39 is 0 Å². The number of aryl methyl sites for hydroxylation is 2. The maximum absolute atomic E-state index is 4.09. The molecular formula is C12H24N4. The first-order valence-electron chi connectivity index (χ1n) is 6.63. The molecule has 0 radical (unpaired) electrons. The topological polar surface area (TPSA) is 43.6 Å². The van der Waals surface area contributed by atoms with Crippen molar-refractivity contribution in [3.8, 4) is 0 Å². The average Bonchev–Trinajstić information content (AvgIpc) is 2.73. The highest BCUT2D eigenvalue weighted by atomic mass is 15.5. The van der Waals surface area contributed by atoms with E-state index in [1.54, 1.807) is 0 Å². The lowest BCUT2D eigenvalue weighted by Crippen LogP contribution is -2.06. The number of tetrazole rings is 1. The third-order valence-corrected chi connectivity index (χ3v) is 2.83. The Balaban J connectivity index is 2.26. The standard InChI is InChI=1S/C12H24N4/c1-3-5-7-9-11-16-12(13-14-15-16)10-8-6-4-2/h3-11H2,1-2H3. The van der Waals surface area contributed by atoms with Gasteiger partial charge < -0.3 is 0 Å². The number of hydrogen-bond donors (Lipinski definition) is 0. The number of unbranched alkanes of at least 4 members (excludes halogenated alkanes) is 5. The molecule has 0 N–H and O–H groups in total. The van der Waals surface area contributed by atoms with Gasteiger partial charge in [-0.25, -0.2) is 4.68 Å². The zero-order valence-corrected chi connectivity index (χ0v) is 10.7. The summed E-state index contributed by atoms with van der Waals surface area (Å²) in [6, 6.07) is 0. The Hall–Kier alpha value is -0.930. The van der Waals surface area contributed by atoms with Crippen molar-refractivity contribution in [2.75, 3.05) is 0 Å². The fraction of sp³-hybridized carbons (Fsp3) is 0.917. The van der Waals surface area contributed by atoms with Gasteiger partial charge in [-0.3, -0.25) is 0 Å². The second kappa shape index (κ2) is 8.25. The van der Waals surface area contributed by atoms with Crippen molar-refractivity contribution in [3.05, 3.63) is 5.82 Å². The van der Waals surface area contributed by atoms with Crippen molar-refractivity contribution in [1.82, 2.24) is 20.2 Å². The van der Waals surface area contributed by atoms with Crippen LogP contribution in [0.2, 0.25) is 0 Å². The van der Waals surface area contributed by atoms with Crippen molar-refractivity contribution in [1.29, 1.82) is 0 Å². The van der Waals surface area contributed by atoms with Gasteiger partial charge in [-0.2, -0.15) is 0 Å². The van der Waals surface area contributed by atoms with E-state index in [9.17, 15) is 0 Å². The maximum Gasteiger partial charge on any atom is 0.151 e. The molecule has 0 amide bonds. The van der Waals surface area contributed by atoms with E-state index in [2.05, 4.69) is 29.4 Å². The Bertz CT molecular complexity index is 270. The maximum atomic E-state index is 4.09. The van der Waals surface area contributed by atoms with Crippen LogP contribution in [0.5, 0.6) is 0 Å². The summed E-state index contributed by atoms with van der Waals surface area (Å²) in [7, 11) is 0. The number of aromatic nitrogens is 4. The van der Waals surface area contributed by atoms with Crippen LogP contribution in [0, 0.1) is 0 Å². The molecule has 16 heavy (non-hydrogen) atoms. The van der Waals surface area contributed by atoms with Crippen molar-refractivity contribution < 1.29 is 0 Å². The summed E-state index contributed by atoms with van der Waals surface area (Å²) < 4.78 is 1.98. The van der Waals surface area contributed by atoms with Crippen LogP contribution in [0.1, 0.15) is 64.6 Å². The molecule has 0 aromatic carbocycles. The number of nitrogens with zero attached hydrogens (tertiary/aromatic N) is 4. The molecule has 1 aromatic heterocycles. The second-order valence-corrected chi connectivity index (χ2v) is 4.34. The summed E-state index contributed by atoms with van der Waals surface area (Å²) in [4.78, 5) is 0. The number of rotatable bonds is 9. The minimum atomic E-state index is 0.981. The predicted molar refractivity (Wildman–Crippen MR) is 65.2 cm³/mol. The summed E-state index contributed by atoms with van der Waals surface area (Å²) in [6.07, 6.45) is 9.80. The molecule has 0 spiro atoms. The summed E-state index contributed by atoms with van der Waals surface area (Å²) in [6.45, 7) is 5.43. The summed E-state index contributed by atoms with van der Waals surface area (Å²) in [5.41, 5.74) is 0. The summed E-state index contributed by atoms with van der Waals surface area (Å²) in [5, 5.41) is 11.9. The lowest BCUT2D eigenvalue weighted by Gasteiger charge is -2.03. The molecule has 92 valence electrons. The minimum absolute atomic E-state index is 0.981. The Morgan fingerprint density at radius 3 is 2.44 bits per heavy atom. The number of hydrogen-bond acceptors (Lipinski definition) is 3. The zero-order chi connectivity index (χ0) is 11.6. The molecule has 0 atom stereocenters. The Morgan fingerprint density at radius 2 is 1.69 bits per heavy atom. The Morgan fingerprint density at radius 1 is 0.938 bits per heavy atom. The van der Waals surface area contributed by atoms with Gasteiger partial charge in [0.2, 0.25) is 0 Å². The monoisotopic (exact) mass is 224 g/mol. The van der Waals surface area contributed by atoms with E-state index in [1.807, 2.05) is 4.68 Å². The van der Waals surface area contributed by atoms with Gasteiger partial charge in [0.05, 0.1) is 0 Å². The molecule has 0 bridgehead atoms. The fourth-order valence-corrected chi connectivity index (χ4v) is 1.80. The van der Waals surface area contributed by atoms with Gasteiger partial charge in [0, 0.05) is 13.0 Å². The lowest BCUT2D eigenvalue weighted by molar-refractivity contribution is 0.506. The van der Waals surface area contributed by atoms with E-state index in [0.29, 0.717) is 0 Å². The van der Waals surface area contributed by atoms with Crippen molar-refractivity contribution in [3.63, 3.8) is 0 Å². The highest BCUT2D eigenvalue weighted by molar-refractivity contribution is 4.80. The molecule has 4 heteroatoms. The average molecular weight is 224 g/mol. The second-order valence-electron chi connectivity index (χ2n) is 4.34. The molecule has 0 unspecified atom stereocenters. The first-order valence-corrected chi connectivity index (χ1v) is 6.63. The minimum Gasteiger partial charge on any atom is -0.230 e. The van der Waals surface area contributed by atoms with Gasteiger partial charge in [-0.05, 0) is 23.3 Å². The molecule has 0 fully saturated rings. The van der Waals surface area contributed by atoms with E-state index >= 15 is 0 Å². The van der Waals surface area contributed by atoms with Crippen LogP contribution in [0.25, 0.3) is 0 Å². The van der Waals surface area contributed by atoms with Crippen LogP contribution in [0.4, 0.5) is 0 Å². The third-order valence-electron chi connectivity index (χ3n) is 2.83. The molecular weight excluding hydrogens is 200 g/mol. The van der Waals surface area contributed by atoms with Crippen molar-refractivity contribution >= 4 is 0 Å². The first-order chi connectivity index (χ1) is 7.88. The van der Waals surface area contributed by atoms with Crippen LogP contribution in [0.15, 0.2) is 0 Å². The lowest BCUT2D eigenvalue weighted by atomic mass is 10.2. The van der Waals surface area contributed by atoms with Gasteiger partial charge in [0.25, 0.3) is 0 Å². The van der Waals surface area contributed by atoms with Gasteiger partial charge in [0.1, 0.15) is 0 Å². The van der Waals surface area contributed by atoms with Crippen LogP contribution in [0.3, 0.4) is 0 Å². The largest absolute Gasteiger partial charge is 0.230 e. The fourth-order valence-electron chi connectivity index (χ4n) is 1.80. The molecule has 0 aliphatic heterocycles. The SMILES string of the molecule is CCCCCCn1nnnc1CCCCC. The van der Waals surface area contributed by atoms with Gasteiger partial charge >= 0.3 is 0 Å². The highest BCUT2D eigenvalue weighted by Crippen LogP contribution is 2.05. The van der Waals surface area contributed by atoms with Crippen LogP contribution in [-0.4, -0.2) is 20.2 Å². The summed E-state index contributed by atoms with van der Waals surface area (Å²) >= 11 is 0. The van der Waals surface area contributed by atoms with Crippen molar-refractivity contribution in [2.24, 2.45) is 0 Å². The van der Waals surface area contributed by atoms with E-state index in [-0.39, 0.29) is 0 Å². The normalized spacial score (nSPS) is 10.9. The van der Waals surface area contributed by atoms with Gasteiger partial charge in [-0.15, -0.1) is 5.10 Å². The predicted octanol–water partition coefficient (Wildman–Crippen LogP) is 2.99. The molecule has 1 heterocycles. The van der Waals surface area contributed by atoms with E-state index in [0.717, 1.165) is 18.8 Å². The summed E-state index contributed by atoms with van der Waals surface area (Å²) in [5.74, 6) is 1.06. The smallest absolute Gasteiger partial charge is 0.151 e. The van der Waals surface area contributed by atoms with E-state index in [4.69, 9.17) is 0 Å². The first kappa shape index (κ1) is 13.1. The van der Waals surface area contributed by atoms with E-state index in [1.165, 1.54) is 44.9 Å². The van der Waals surface area contributed by atoms with Crippen LogP contribution in [-0.2, 0) is 13.0 Å². The molecule has 0 aliphatic carbocycles. The molecule has 4 nitrogen and oxygen atoms in total.